The van der Waals surface area contributed by atoms with Crippen LogP contribution in [0.2, 0.25) is 0 Å². The van der Waals surface area contributed by atoms with Gasteiger partial charge in [-0.15, -0.1) is 5.10 Å². The highest BCUT2D eigenvalue weighted by Gasteiger charge is 2.07. The average molecular weight is 319 g/mol. The molecular formula is C9H11BrN4O2S. The van der Waals surface area contributed by atoms with E-state index in [0.29, 0.717) is 18.1 Å². The van der Waals surface area contributed by atoms with Crippen LogP contribution in [0.25, 0.3) is 5.65 Å². The monoisotopic (exact) mass is 318 g/mol. The predicted molar refractivity (Wildman–Crippen MR) is 68.9 cm³/mol. The lowest BCUT2D eigenvalue weighted by Gasteiger charge is -1.98. The summed E-state index contributed by atoms with van der Waals surface area (Å²) in [6.45, 7) is 0.299. The van der Waals surface area contributed by atoms with Crippen molar-refractivity contribution < 1.29 is 8.42 Å². The van der Waals surface area contributed by atoms with Gasteiger partial charge in [-0.05, 0) is 28.1 Å². The van der Waals surface area contributed by atoms with E-state index in [2.05, 4.69) is 31.3 Å². The Hall–Kier alpha value is -1.15. The second-order valence-corrected chi connectivity index (χ2v) is 6.73. The molecule has 0 aliphatic carbocycles. The van der Waals surface area contributed by atoms with Gasteiger partial charge in [-0.2, -0.15) is 4.98 Å². The Bertz CT molecular complexity index is 637. The number of rotatable bonds is 4. The molecule has 92 valence electrons. The maximum absolute atomic E-state index is 11.0. The van der Waals surface area contributed by atoms with Crippen LogP contribution in [0.15, 0.2) is 22.8 Å². The zero-order chi connectivity index (χ0) is 12.5. The number of hydrogen-bond donors (Lipinski definition) is 1. The number of sulfone groups is 1. The molecule has 0 aromatic carbocycles. The molecule has 0 saturated heterocycles. The molecule has 0 aliphatic heterocycles. The van der Waals surface area contributed by atoms with Gasteiger partial charge in [-0.25, -0.2) is 12.9 Å². The van der Waals surface area contributed by atoms with Crippen molar-refractivity contribution in [2.24, 2.45) is 0 Å². The van der Waals surface area contributed by atoms with Crippen LogP contribution in [0.3, 0.4) is 0 Å². The van der Waals surface area contributed by atoms with Gasteiger partial charge in [0.25, 0.3) is 0 Å². The highest BCUT2D eigenvalue weighted by atomic mass is 79.9. The Morgan fingerprint density at radius 1 is 1.53 bits per heavy atom. The maximum atomic E-state index is 11.0. The van der Waals surface area contributed by atoms with Gasteiger partial charge in [0, 0.05) is 19.0 Å². The first-order chi connectivity index (χ1) is 7.96. The lowest BCUT2D eigenvalue weighted by molar-refractivity contribution is 0.602. The number of fused-ring (bicyclic) bond motifs is 1. The summed E-state index contributed by atoms with van der Waals surface area (Å²) >= 11 is 3.36. The van der Waals surface area contributed by atoms with Crippen molar-refractivity contribution in [3.63, 3.8) is 0 Å². The Morgan fingerprint density at radius 2 is 2.29 bits per heavy atom. The van der Waals surface area contributed by atoms with E-state index in [1.54, 1.807) is 10.7 Å². The van der Waals surface area contributed by atoms with Gasteiger partial charge in [0.05, 0.1) is 10.2 Å². The first-order valence-corrected chi connectivity index (χ1v) is 7.73. The minimum absolute atomic E-state index is 0.0592. The summed E-state index contributed by atoms with van der Waals surface area (Å²) in [6, 6.07) is 3.70. The highest BCUT2D eigenvalue weighted by Crippen LogP contribution is 2.16. The molecule has 2 heterocycles. The van der Waals surface area contributed by atoms with E-state index in [1.807, 2.05) is 12.1 Å². The molecule has 0 spiro atoms. The van der Waals surface area contributed by atoms with Gasteiger partial charge in [0.2, 0.25) is 5.95 Å². The summed E-state index contributed by atoms with van der Waals surface area (Å²) in [5, 5.41) is 7.04. The van der Waals surface area contributed by atoms with Crippen LogP contribution in [-0.2, 0) is 9.84 Å². The van der Waals surface area contributed by atoms with Gasteiger partial charge in [0.15, 0.2) is 5.65 Å². The number of pyridine rings is 1. The summed E-state index contributed by atoms with van der Waals surface area (Å²) in [7, 11) is -2.97. The van der Waals surface area contributed by atoms with Crippen LogP contribution < -0.4 is 5.32 Å². The zero-order valence-corrected chi connectivity index (χ0v) is 11.5. The molecule has 0 bridgehead atoms. The van der Waals surface area contributed by atoms with Crippen molar-refractivity contribution >= 4 is 37.4 Å². The Morgan fingerprint density at radius 3 is 2.94 bits per heavy atom. The second kappa shape index (κ2) is 4.61. The third-order valence-electron chi connectivity index (χ3n) is 2.07. The molecule has 17 heavy (non-hydrogen) atoms. The van der Waals surface area contributed by atoms with Gasteiger partial charge in [0.1, 0.15) is 9.84 Å². The lowest BCUT2D eigenvalue weighted by atomic mass is 10.5. The van der Waals surface area contributed by atoms with Crippen LogP contribution in [-0.4, -0.2) is 41.6 Å². The van der Waals surface area contributed by atoms with Gasteiger partial charge in [-0.3, -0.25) is 0 Å². The molecule has 1 N–H and O–H groups in total. The third-order valence-corrected chi connectivity index (χ3v) is 3.64. The van der Waals surface area contributed by atoms with Crippen LogP contribution in [0, 0.1) is 0 Å². The van der Waals surface area contributed by atoms with Crippen molar-refractivity contribution in [1.29, 1.82) is 0 Å². The van der Waals surface area contributed by atoms with Crippen molar-refractivity contribution in [3.05, 3.63) is 22.8 Å². The summed E-state index contributed by atoms with van der Waals surface area (Å²) < 4.78 is 24.4. The van der Waals surface area contributed by atoms with Gasteiger partial charge < -0.3 is 5.32 Å². The molecule has 6 nitrogen and oxygen atoms in total. The Labute approximate surface area is 107 Å². The third kappa shape index (κ3) is 3.16. The first-order valence-electron chi connectivity index (χ1n) is 4.88. The molecule has 2 rings (SSSR count). The fourth-order valence-electron chi connectivity index (χ4n) is 1.30. The minimum Gasteiger partial charge on any atom is -0.352 e. The number of hydrogen-bond acceptors (Lipinski definition) is 5. The highest BCUT2D eigenvalue weighted by molar-refractivity contribution is 9.10. The lowest BCUT2D eigenvalue weighted by Crippen LogP contribution is -2.14. The molecule has 8 heteroatoms. The van der Waals surface area contributed by atoms with E-state index in [4.69, 9.17) is 0 Å². The SMILES string of the molecule is CS(=O)(=O)CCNc1nc2c(Br)cccn2n1. The molecule has 0 radical (unpaired) electrons. The number of nitrogens with zero attached hydrogens (tertiary/aromatic N) is 3. The van der Waals surface area contributed by atoms with Gasteiger partial charge >= 0.3 is 0 Å². The van der Waals surface area contributed by atoms with Crippen LogP contribution >= 0.6 is 15.9 Å². The number of anilines is 1. The largest absolute Gasteiger partial charge is 0.352 e. The number of halogens is 1. The Kier molecular flexibility index (Phi) is 3.34. The molecule has 2 aromatic rings. The zero-order valence-electron chi connectivity index (χ0n) is 9.09. The molecule has 0 unspecified atom stereocenters. The second-order valence-electron chi connectivity index (χ2n) is 3.62. The van der Waals surface area contributed by atoms with Crippen LogP contribution in [0.5, 0.6) is 0 Å². The Balaban J connectivity index is 2.12. The molecule has 0 fully saturated rings. The molecule has 2 aromatic heterocycles. The summed E-state index contributed by atoms with van der Waals surface area (Å²) in [4.78, 5) is 4.23. The van der Waals surface area contributed by atoms with E-state index in [9.17, 15) is 8.42 Å². The fourth-order valence-corrected chi connectivity index (χ4v) is 2.19. The van der Waals surface area contributed by atoms with Gasteiger partial charge in [-0.1, -0.05) is 0 Å². The summed E-state index contributed by atoms with van der Waals surface area (Å²) in [5.74, 6) is 0.476. The summed E-state index contributed by atoms with van der Waals surface area (Å²) in [5.41, 5.74) is 0.689. The predicted octanol–water partition coefficient (Wildman–Crippen LogP) is 0.948. The van der Waals surface area contributed by atoms with Crippen molar-refractivity contribution in [3.8, 4) is 0 Å². The molecular weight excluding hydrogens is 308 g/mol. The van der Waals surface area contributed by atoms with Crippen LogP contribution in [0.1, 0.15) is 0 Å². The maximum Gasteiger partial charge on any atom is 0.243 e. The van der Waals surface area contributed by atoms with E-state index in [1.165, 1.54) is 6.26 Å². The van der Waals surface area contributed by atoms with Crippen LogP contribution in [0.4, 0.5) is 5.95 Å². The smallest absolute Gasteiger partial charge is 0.243 e. The first kappa shape index (κ1) is 12.3. The van der Waals surface area contributed by atoms with E-state index in [-0.39, 0.29) is 5.75 Å². The molecule has 0 saturated carbocycles. The van der Waals surface area contributed by atoms with E-state index in [0.717, 1.165) is 4.47 Å². The van der Waals surface area contributed by atoms with E-state index < -0.39 is 9.84 Å². The standard InChI is InChI=1S/C9H11BrN4O2S/c1-17(15,16)6-4-11-9-12-8-7(10)3-2-5-14(8)13-9/h2-3,5H,4,6H2,1H3,(H,11,13). The minimum atomic E-state index is -2.97. The van der Waals surface area contributed by atoms with Crippen molar-refractivity contribution in [2.45, 2.75) is 0 Å². The number of aromatic nitrogens is 3. The fraction of sp³-hybridized carbons (Fsp3) is 0.333. The van der Waals surface area contributed by atoms with Crippen molar-refractivity contribution in [1.82, 2.24) is 14.6 Å². The normalized spacial score (nSPS) is 11.9. The quantitative estimate of drug-likeness (QED) is 0.908. The molecule has 0 aliphatic rings. The molecule has 0 atom stereocenters. The summed E-state index contributed by atoms with van der Waals surface area (Å²) in [6.07, 6.45) is 2.97. The average Bonchev–Trinajstić information content (AvgIpc) is 2.60. The van der Waals surface area contributed by atoms with E-state index >= 15 is 0 Å². The van der Waals surface area contributed by atoms with Crippen molar-refractivity contribution in [2.75, 3.05) is 23.9 Å². The topological polar surface area (TPSA) is 76.4 Å². The number of nitrogens with one attached hydrogen (secondary N) is 1. The molecule has 0 amide bonds.